The van der Waals surface area contributed by atoms with Crippen LogP contribution in [0.3, 0.4) is 0 Å². The number of hydrogen-bond donors (Lipinski definition) is 0. The molecule has 108 valence electrons. The van der Waals surface area contributed by atoms with Gasteiger partial charge in [-0.15, -0.1) is 11.3 Å². The van der Waals surface area contributed by atoms with E-state index in [-0.39, 0.29) is 0 Å². The second kappa shape index (κ2) is 8.11. The summed E-state index contributed by atoms with van der Waals surface area (Å²) >= 11 is 1.77. The number of ether oxygens (including phenoxy) is 1. The Balaban J connectivity index is 1.87. The highest BCUT2D eigenvalue weighted by atomic mass is 32.1. The first kappa shape index (κ1) is 15.1. The van der Waals surface area contributed by atoms with Crippen molar-refractivity contribution >= 4 is 11.3 Å². The van der Waals surface area contributed by atoms with Crippen molar-refractivity contribution in [2.24, 2.45) is 5.92 Å². The van der Waals surface area contributed by atoms with Gasteiger partial charge < -0.3 is 4.74 Å². The Morgan fingerprint density at radius 3 is 2.50 bits per heavy atom. The van der Waals surface area contributed by atoms with Crippen LogP contribution in [0.2, 0.25) is 0 Å². The Morgan fingerprint density at radius 1 is 1.10 bits per heavy atom. The third kappa shape index (κ3) is 4.38. The molecule has 20 heavy (non-hydrogen) atoms. The second-order valence-electron chi connectivity index (χ2n) is 5.23. The van der Waals surface area contributed by atoms with E-state index in [0.717, 1.165) is 12.4 Å². The van der Waals surface area contributed by atoms with E-state index >= 15 is 0 Å². The molecule has 1 aromatic heterocycles. The summed E-state index contributed by atoms with van der Waals surface area (Å²) in [6, 6.07) is 12.7. The number of benzene rings is 1. The summed E-state index contributed by atoms with van der Waals surface area (Å²) in [6.07, 6.45) is 5.05. The zero-order chi connectivity index (χ0) is 14.2. The van der Waals surface area contributed by atoms with Crippen LogP contribution in [0.25, 0.3) is 10.4 Å². The molecule has 2 rings (SSSR count). The summed E-state index contributed by atoms with van der Waals surface area (Å²) in [5.41, 5.74) is 1.27. The van der Waals surface area contributed by atoms with Crippen LogP contribution >= 0.6 is 11.3 Å². The number of hydrogen-bond acceptors (Lipinski definition) is 2. The molecule has 0 radical (unpaired) electrons. The van der Waals surface area contributed by atoms with Crippen molar-refractivity contribution in [3.63, 3.8) is 0 Å². The average Bonchev–Trinajstić information content (AvgIpc) is 3.02. The topological polar surface area (TPSA) is 9.23 Å². The van der Waals surface area contributed by atoms with Crippen molar-refractivity contribution in [1.82, 2.24) is 0 Å². The van der Waals surface area contributed by atoms with Crippen molar-refractivity contribution in [2.75, 3.05) is 6.61 Å². The predicted octanol–water partition coefficient (Wildman–Crippen LogP) is 6.01. The zero-order valence-corrected chi connectivity index (χ0v) is 13.3. The molecule has 2 heteroatoms. The van der Waals surface area contributed by atoms with E-state index in [1.807, 2.05) is 0 Å². The molecule has 0 aliphatic rings. The molecule has 1 nitrogen and oxygen atoms in total. The average molecular weight is 288 g/mol. The van der Waals surface area contributed by atoms with Gasteiger partial charge in [-0.3, -0.25) is 0 Å². The number of rotatable bonds is 8. The van der Waals surface area contributed by atoms with Crippen LogP contribution in [0.15, 0.2) is 41.8 Å². The summed E-state index contributed by atoms with van der Waals surface area (Å²) in [4.78, 5) is 1.31. The molecule has 0 aliphatic carbocycles. The van der Waals surface area contributed by atoms with Gasteiger partial charge in [0.05, 0.1) is 6.61 Å². The minimum Gasteiger partial charge on any atom is -0.493 e. The molecule has 0 amide bonds. The zero-order valence-electron chi connectivity index (χ0n) is 12.5. The van der Waals surface area contributed by atoms with Crippen molar-refractivity contribution in [2.45, 2.75) is 39.5 Å². The third-order valence-electron chi connectivity index (χ3n) is 3.69. The first-order valence-corrected chi connectivity index (χ1v) is 8.48. The third-order valence-corrected chi connectivity index (χ3v) is 4.61. The summed E-state index contributed by atoms with van der Waals surface area (Å²) < 4.78 is 5.93. The molecule has 0 N–H and O–H groups in total. The van der Waals surface area contributed by atoms with Crippen LogP contribution in [0, 0.1) is 5.92 Å². The van der Waals surface area contributed by atoms with Crippen molar-refractivity contribution < 1.29 is 4.74 Å². The minimum atomic E-state index is 0.687. The Bertz CT molecular complexity index is 473. The van der Waals surface area contributed by atoms with Gasteiger partial charge in [0.25, 0.3) is 0 Å². The van der Waals surface area contributed by atoms with E-state index in [2.05, 4.69) is 55.6 Å². The van der Waals surface area contributed by atoms with Gasteiger partial charge in [-0.2, -0.15) is 0 Å². The summed E-state index contributed by atoms with van der Waals surface area (Å²) in [5, 5.41) is 2.11. The maximum atomic E-state index is 5.93. The van der Waals surface area contributed by atoms with E-state index in [9.17, 15) is 0 Å². The fourth-order valence-corrected chi connectivity index (χ4v) is 3.00. The lowest BCUT2D eigenvalue weighted by Crippen LogP contribution is -2.11. The number of thiophene rings is 1. The van der Waals surface area contributed by atoms with Crippen LogP contribution in [0.1, 0.15) is 39.5 Å². The first-order chi connectivity index (χ1) is 9.83. The Labute approximate surface area is 126 Å². The molecular formula is C18H24OS. The van der Waals surface area contributed by atoms with E-state index in [0.29, 0.717) is 5.92 Å². The Kier molecular flexibility index (Phi) is 6.13. The van der Waals surface area contributed by atoms with Gasteiger partial charge in [0.2, 0.25) is 0 Å². The van der Waals surface area contributed by atoms with E-state index in [1.165, 1.54) is 36.1 Å². The van der Waals surface area contributed by atoms with Gasteiger partial charge in [0, 0.05) is 4.88 Å². The lowest BCUT2D eigenvalue weighted by Gasteiger charge is -2.15. The Morgan fingerprint density at radius 2 is 1.90 bits per heavy atom. The van der Waals surface area contributed by atoms with Crippen LogP contribution in [-0.4, -0.2) is 6.61 Å². The molecule has 1 atom stereocenters. The normalized spacial score (nSPS) is 12.3. The molecule has 0 saturated heterocycles. The smallest absolute Gasteiger partial charge is 0.119 e. The first-order valence-electron chi connectivity index (χ1n) is 7.60. The molecular weight excluding hydrogens is 264 g/mol. The monoisotopic (exact) mass is 288 g/mol. The van der Waals surface area contributed by atoms with Gasteiger partial charge >= 0.3 is 0 Å². The van der Waals surface area contributed by atoms with E-state index < -0.39 is 0 Å². The molecule has 0 fully saturated rings. The van der Waals surface area contributed by atoms with Crippen molar-refractivity contribution in [3.8, 4) is 16.2 Å². The number of unbranched alkanes of at least 4 members (excludes halogenated alkanes) is 1. The SMILES string of the molecule is CCCCC(CC)COc1ccc(-c2cccs2)cc1. The van der Waals surface area contributed by atoms with Gasteiger partial charge in [0.15, 0.2) is 0 Å². The summed E-state index contributed by atoms with van der Waals surface area (Å²) in [7, 11) is 0. The molecule has 0 saturated carbocycles. The van der Waals surface area contributed by atoms with Gasteiger partial charge in [-0.05, 0) is 53.6 Å². The molecule has 0 aliphatic heterocycles. The summed E-state index contributed by atoms with van der Waals surface area (Å²) in [5.74, 6) is 1.67. The van der Waals surface area contributed by atoms with Crippen LogP contribution in [0.5, 0.6) is 5.75 Å². The van der Waals surface area contributed by atoms with Gasteiger partial charge in [-0.1, -0.05) is 39.2 Å². The minimum absolute atomic E-state index is 0.687. The predicted molar refractivity (Wildman–Crippen MR) is 88.6 cm³/mol. The highest BCUT2D eigenvalue weighted by Gasteiger charge is 2.07. The van der Waals surface area contributed by atoms with Crippen LogP contribution in [0.4, 0.5) is 0 Å². The standard InChI is InChI=1S/C18H24OS/c1-3-5-7-15(4-2)14-19-17-11-9-16(10-12-17)18-8-6-13-20-18/h6,8-13,15H,3-5,7,14H2,1-2H3. The molecule has 0 spiro atoms. The fraction of sp³-hybridized carbons (Fsp3) is 0.444. The van der Waals surface area contributed by atoms with E-state index in [4.69, 9.17) is 4.74 Å². The van der Waals surface area contributed by atoms with Crippen molar-refractivity contribution in [1.29, 1.82) is 0 Å². The molecule has 2 aromatic rings. The Hall–Kier alpha value is -1.28. The van der Waals surface area contributed by atoms with Crippen molar-refractivity contribution in [3.05, 3.63) is 41.8 Å². The molecule has 1 aromatic carbocycles. The highest BCUT2D eigenvalue weighted by molar-refractivity contribution is 7.13. The molecule has 1 unspecified atom stereocenters. The van der Waals surface area contributed by atoms with Gasteiger partial charge in [0.1, 0.15) is 5.75 Å². The van der Waals surface area contributed by atoms with Gasteiger partial charge in [-0.25, -0.2) is 0 Å². The second-order valence-corrected chi connectivity index (χ2v) is 6.18. The molecule has 1 heterocycles. The molecule has 0 bridgehead atoms. The summed E-state index contributed by atoms with van der Waals surface area (Å²) in [6.45, 7) is 5.34. The lowest BCUT2D eigenvalue weighted by molar-refractivity contribution is 0.233. The largest absolute Gasteiger partial charge is 0.493 e. The maximum absolute atomic E-state index is 5.93. The van der Waals surface area contributed by atoms with Crippen LogP contribution < -0.4 is 4.74 Å². The quantitative estimate of drug-likeness (QED) is 0.578. The lowest BCUT2D eigenvalue weighted by atomic mass is 10.0. The van der Waals surface area contributed by atoms with Crippen LogP contribution in [-0.2, 0) is 0 Å². The maximum Gasteiger partial charge on any atom is 0.119 e. The highest BCUT2D eigenvalue weighted by Crippen LogP contribution is 2.26. The van der Waals surface area contributed by atoms with E-state index in [1.54, 1.807) is 11.3 Å². The fourth-order valence-electron chi connectivity index (χ4n) is 2.27.